The van der Waals surface area contributed by atoms with Crippen molar-refractivity contribution in [2.75, 3.05) is 0 Å². The van der Waals surface area contributed by atoms with E-state index in [1.807, 2.05) is 0 Å². The quantitative estimate of drug-likeness (QED) is 0.0936. The van der Waals surface area contributed by atoms with Gasteiger partial charge in [0.1, 0.15) is 0 Å². The van der Waals surface area contributed by atoms with E-state index in [0.717, 1.165) is 0 Å². The summed E-state index contributed by atoms with van der Waals surface area (Å²) in [5.41, 5.74) is 26.9. The minimum Gasteiger partial charge on any atom is -0.0661 e. The fraction of sp³-hybridized carbons (Fsp3) is 0.227. The molecule has 0 radical (unpaired) electrons. The number of benzene rings is 11. The zero-order valence-electron chi connectivity index (χ0n) is 47.9. The first-order valence-corrected chi connectivity index (χ1v) is 30.8. The van der Waals surface area contributed by atoms with E-state index in [4.69, 9.17) is 0 Å². The summed E-state index contributed by atoms with van der Waals surface area (Å²) in [5, 5.41) is 14.3. The second kappa shape index (κ2) is 15.8. The molecule has 11 aromatic rings. The van der Waals surface area contributed by atoms with Crippen LogP contribution in [-0.4, -0.2) is 21.5 Å². The first-order chi connectivity index (χ1) is 37.1. The predicted octanol–water partition coefficient (Wildman–Crippen LogP) is 12.4. The van der Waals surface area contributed by atoms with Crippen LogP contribution in [0.1, 0.15) is 111 Å². The molecule has 0 saturated carbocycles. The van der Waals surface area contributed by atoms with E-state index in [1.54, 1.807) is 0 Å². The van der Waals surface area contributed by atoms with Gasteiger partial charge in [-0.25, -0.2) is 0 Å². The van der Waals surface area contributed by atoms with Crippen LogP contribution in [0.25, 0.3) is 76.8 Å². The van der Waals surface area contributed by atoms with Crippen LogP contribution in [0.3, 0.4) is 0 Å². The van der Waals surface area contributed by atoms with E-state index in [2.05, 4.69) is 266 Å². The van der Waals surface area contributed by atoms with E-state index in [1.165, 1.54) is 158 Å². The normalized spacial score (nSPS) is 14.2. The lowest BCUT2D eigenvalue weighted by Crippen LogP contribution is -2.75. The van der Waals surface area contributed by atoms with Gasteiger partial charge in [0, 0.05) is 0 Å². The van der Waals surface area contributed by atoms with Gasteiger partial charge in [0.2, 0.25) is 13.4 Å². The molecule has 0 aromatic heterocycles. The zero-order chi connectivity index (χ0) is 53.9. The van der Waals surface area contributed by atoms with Crippen molar-refractivity contribution in [2.24, 2.45) is 0 Å². The van der Waals surface area contributed by atoms with Crippen molar-refractivity contribution in [3.8, 4) is 44.5 Å². The summed E-state index contributed by atoms with van der Waals surface area (Å²) >= 11 is 0. The Morgan fingerprint density at radius 2 is 0.641 bits per heavy atom. The highest BCUT2D eigenvalue weighted by Gasteiger charge is 2.49. The number of aryl methyl sites for hydroxylation is 1. The molecule has 4 heterocycles. The van der Waals surface area contributed by atoms with Crippen molar-refractivity contribution in [3.05, 3.63) is 204 Å². The number of hydrogen-bond acceptors (Lipinski definition) is 0. The molecule has 4 aliphatic heterocycles. The molecule has 4 aliphatic rings. The summed E-state index contributed by atoms with van der Waals surface area (Å²) in [6.07, 6.45) is 0. The highest BCUT2D eigenvalue weighted by atomic mass is 28.3. The molecule has 0 fully saturated rings. The maximum Gasteiger partial charge on any atom is 0.244 e. The molecule has 11 aromatic carbocycles. The Balaban J connectivity index is 1.19. The van der Waals surface area contributed by atoms with Crippen LogP contribution < -0.4 is 53.5 Å². The summed E-state index contributed by atoms with van der Waals surface area (Å²) in [4.78, 5) is 0. The Bertz CT molecular complexity index is 4280. The first-order valence-electron chi connectivity index (χ1n) is 28.8. The Labute approximate surface area is 464 Å². The molecule has 0 atom stereocenters. The molecule has 0 N–H and O–H groups in total. The smallest absolute Gasteiger partial charge is 0.0661 e. The molecule has 78 heavy (non-hydrogen) atoms. The van der Waals surface area contributed by atoms with Gasteiger partial charge in [-0.2, -0.15) is 0 Å². The maximum absolute atomic E-state index is 3.18. The second-order valence-corrected chi connectivity index (χ2v) is 31.8. The molecule has 0 unspecified atom stereocenters. The summed E-state index contributed by atoms with van der Waals surface area (Å²) in [6, 6.07) is 71.5. The van der Waals surface area contributed by atoms with Gasteiger partial charge < -0.3 is 0 Å². The SMILES string of the molecule is Cc1cc2c3c(cc4c([Si](c5ccccc5)(c5ccccc5)c5ccccc5)cc5c6c(cc1c3c46)B1c3ccc(C(C)(C)C)cc3-c3cc(C(C)(C)C)cc-5c31)B1c3ccc(C(C)(C)C)cc3-c3cc(C(C)(C)C)cc-2c31. The molecular formula is C75H68B2Si. The fourth-order valence-corrected chi connectivity index (χ4v) is 20.3. The molecule has 0 spiro atoms. The molecule has 3 heteroatoms. The third kappa shape index (κ3) is 6.37. The van der Waals surface area contributed by atoms with Crippen LogP contribution in [-0.2, 0) is 21.7 Å². The highest BCUT2D eigenvalue weighted by Crippen LogP contribution is 2.49. The average Bonchev–Trinajstić information content (AvgIpc) is 2.41. The molecule has 0 amide bonds. The Morgan fingerprint density at radius 1 is 0.295 bits per heavy atom. The monoisotopic (exact) mass is 1020 g/mol. The van der Waals surface area contributed by atoms with Crippen molar-refractivity contribution in [2.45, 2.75) is 112 Å². The average molecular weight is 1020 g/mol. The summed E-state index contributed by atoms with van der Waals surface area (Å²) in [5.74, 6) is 0. The summed E-state index contributed by atoms with van der Waals surface area (Å²) in [7, 11) is -3.18. The van der Waals surface area contributed by atoms with Crippen molar-refractivity contribution in [1.82, 2.24) is 0 Å². The molecule has 15 rings (SSSR count). The van der Waals surface area contributed by atoms with Crippen molar-refractivity contribution in [3.63, 3.8) is 0 Å². The minimum atomic E-state index is -3.18. The van der Waals surface area contributed by atoms with Crippen molar-refractivity contribution < 1.29 is 0 Å². The summed E-state index contributed by atoms with van der Waals surface area (Å²) < 4.78 is 0. The third-order valence-electron chi connectivity index (χ3n) is 19.3. The molecule has 378 valence electrons. The number of fused-ring (bicyclic) bond motifs is 10. The van der Waals surface area contributed by atoms with Gasteiger partial charge >= 0.3 is 0 Å². The molecule has 0 aliphatic carbocycles. The standard InChI is InChI=1S/C75H68B2Si/c1-43-33-54-58-38-46(74(8,9)10)36-56-52-34-45(73(5,6)7)30-32-62(52)77(70(56)58)64-41-60-65(78(48-23-17-14-18-24-48,49-25-19-15-20-26-49)50-27-21-16-22-28-50)42-55-59-39-47(75(11,12)13)37-57-53-35-44(72(2,3)4)29-31-61(53)76(71(57)59)63-40-51(43)68(66(54)64)69(60)67(55)63/h14-42H,1-13H3. The van der Waals surface area contributed by atoms with E-state index < -0.39 is 8.07 Å². The molecular weight excluding hydrogens is 951 g/mol. The largest absolute Gasteiger partial charge is 0.244 e. The topological polar surface area (TPSA) is 0 Å². The third-order valence-corrected chi connectivity index (χ3v) is 24.1. The lowest BCUT2D eigenvalue weighted by atomic mass is 9.34. The number of rotatable bonds is 4. The fourth-order valence-electron chi connectivity index (χ4n) is 15.3. The summed E-state index contributed by atoms with van der Waals surface area (Å²) in [6.45, 7) is 31.2. The lowest BCUT2D eigenvalue weighted by Gasteiger charge is -2.38. The lowest BCUT2D eigenvalue weighted by molar-refractivity contribution is 0.590. The van der Waals surface area contributed by atoms with Gasteiger partial charge in [0.25, 0.3) is 0 Å². The van der Waals surface area contributed by atoms with Crippen LogP contribution in [0.2, 0.25) is 0 Å². The van der Waals surface area contributed by atoms with E-state index in [0.29, 0.717) is 0 Å². The van der Waals surface area contributed by atoms with E-state index in [9.17, 15) is 0 Å². The predicted molar refractivity (Wildman–Crippen MR) is 344 cm³/mol. The van der Waals surface area contributed by atoms with Crippen molar-refractivity contribution in [1.29, 1.82) is 0 Å². The molecule has 0 nitrogen and oxygen atoms in total. The Kier molecular flexibility index (Phi) is 9.69. The van der Waals surface area contributed by atoms with E-state index in [-0.39, 0.29) is 35.1 Å². The minimum absolute atomic E-state index is 0.0141. The van der Waals surface area contributed by atoms with Gasteiger partial charge in [0.15, 0.2) is 8.07 Å². The van der Waals surface area contributed by atoms with Crippen LogP contribution >= 0.6 is 0 Å². The van der Waals surface area contributed by atoms with Crippen LogP contribution in [0, 0.1) is 6.92 Å². The van der Waals surface area contributed by atoms with Crippen LogP contribution in [0.15, 0.2) is 176 Å². The van der Waals surface area contributed by atoms with Gasteiger partial charge in [-0.15, -0.1) is 0 Å². The second-order valence-electron chi connectivity index (χ2n) is 28.0. The van der Waals surface area contributed by atoms with E-state index >= 15 is 0 Å². The Morgan fingerprint density at radius 3 is 1.04 bits per heavy atom. The number of hydrogen-bond donors (Lipinski definition) is 0. The van der Waals surface area contributed by atoms with Crippen LogP contribution in [0.5, 0.6) is 0 Å². The Hall–Kier alpha value is -7.19. The molecule has 0 saturated heterocycles. The van der Waals surface area contributed by atoms with Crippen LogP contribution in [0.4, 0.5) is 0 Å². The molecule has 0 bridgehead atoms. The zero-order valence-corrected chi connectivity index (χ0v) is 48.9. The van der Waals surface area contributed by atoms with Crippen molar-refractivity contribution >= 4 is 107 Å². The first kappa shape index (κ1) is 48.0. The van der Waals surface area contributed by atoms with Gasteiger partial charge in [-0.1, -0.05) is 292 Å². The maximum atomic E-state index is 2.78. The van der Waals surface area contributed by atoms with Gasteiger partial charge in [-0.3, -0.25) is 0 Å². The van der Waals surface area contributed by atoms with Gasteiger partial charge in [-0.05, 0) is 154 Å². The van der Waals surface area contributed by atoms with Gasteiger partial charge in [0.05, 0.1) is 0 Å². The highest BCUT2D eigenvalue weighted by molar-refractivity contribution is 7.21.